The number of hydrogen-bond acceptors (Lipinski definition) is 4. The summed E-state index contributed by atoms with van der Waals surface area (Å²) in [6, 6.07) is 20.7. The van der Waals surface area contributed by atoms with Gasteiger partial charge in [-0.3, -0.25) is 9.59 Å². The highest BCUT2D eigenvalue weighted by atomic mass is 19.1. The number of hydrogen-bond donors (Lipinski definition) is 2. The Morgan fingerprint density at radius 2 is 1.69 bits per heavy atom. The average Bonchev–Trinajstić information content (AvgIpc) is 2.80. The van der Waals surface area contributed by atoms with Gasteiger partial charge in [-0.15, -0.1) is 0 Å². The van der Waals surface area contributed by atoms with Gasteiger partial charge in [0.25, 0.3) is 0 Å². The van der Waals surface area contributed by atoms with Crippen molar-refractivity contribution >= 4 is 23.7 Å². The minimum atomic E-state index is -0.507. The first-order valence-electron chi connectivity index (χ1n) is 10.2. The Labute approximate surface area is 186 Å². The summed E-state index contributed by atoms with van der Waals surface area (Å²) in [7, 11) is 0. The SMILES string of the molecule is CCc1ccccc1NC(=O)CC(=O)NN=Cc1ccc(OCc2ccc(F)cc2)cc1. The number of halogens is 1. The number of carbonyl (C=O) groups excluding carboxylic acids is 2. The molecular weight excluding hydrogens is 409 g/mol. The van der Waals surface area contributed by atoms with Crippen LogP contribution in [0.3, 0.4) is 0 Å². The van der Waals surface area contributed by atoms with Gasteiger partial charge in [0.15, 0.2) is 0 Å². The summed E-state index contributed by atoms with van der Waals surface area (Å²) < 4.78 is 18.6. The third-order valence-corrected chi connectivity index (χ3v) is 4.60. The van der Waals surface area contributed by atoms with Gasteiger partial charge in [-0.05, 0) is 65.6 Å². The molecule has 0 aromatic heterocycles. The van der Waals surface area contributed by atoms with Crippen LogP contribution in [-0.2, 0) is 22.6 Å². The van der Waals surface area contributed by atoms with Crippen molar-refractivity contribution in [3.05, 3.63) is 95.3 Å². The van der Waals surface area contributed by atoms with Crippen molar-refractivity contribution in [1.29, 1.82) is 0 Å². The summed E-state index contributed by atoms with van der Waals surface area (Å²) in [6.07, 6.45) is 1.93. The minimum absolute atomic E-state index is 0.285. The first-order chi connectivity index (χ1) is 15.5. The molecule has 3 aromatic carbocycles. The molecular formula is C25H24FN3O3. The highest BCUT2D eigenvalue weighted by molar-refractivity contribution is 6.04. The normalized spacial score (nSPS) is 10.7. The van der Waals surface area contributed by atoms with Gasteiger partial charge in [0.05, 0.1) is 6.21 Å². The molecule has 0 saturated carbocycles. The maximum atomic E-state index is 12.9. The van der Waals surface area contributed by atoms with E-state index in [-0.39, 0.29) is 12.2 Å². The van der Waals surface area contributed by atoms with Crippen molar-refractivity contribution in [3.63, 3.8) is 0 Å². The van der Waals surface area contributed by atoms with Crippen molar-refractivity contribution in [1.82, 2.24) is 5.43 Å². The molecule has 0 saturated heterocycles. The lowest BCUT2D eigenvalue weighted by Crippen LogP contribution is -2.25. The van der Waals surface area contributed by atoms with Crippen LogP contribution in [0, 0.1) is 5.82 Å². The van der Waals surface area contributed by atoms with E-state index in [0.717, 1.165) is 23.1 Å². The fraction of sp³-hybridized carbons (Fsp3) is 0.160. The Bertz CT molecular complexity index is 1080. The number of para-hydroxylation sites is 1. The zero-order valence-corrected chi connectivity index (χ0v) is 17.7. The van der Waals surface area contributed by atoms with Gasteiger partial charge in [0.1, 0.15) is 24.6 Å². The number of nitrogens with zero attached hydrogens (tertiary/aromatic N) is 1. The van der Waals surface area contributed by atoms with E-state index in [9.17, 15) is 14.0 Å². The summed E-state index contributed by atoms with van der Waals surface area (Å²) in [5.41, 5.74) is 5.67. The van der Waals surface area contributed by atoms with Crippen LogP contribution in [-0.4, -0.2) is 18.0 Å². The van der Waals surface area contributed by atoms with E-state index < -0.39 is 11.8 Å². The van der Waals surface area contributed by atoms with Gasteiger partial charge in [0, 0.05) is 5.69 Å². The molecule has 2 N–H and O–H groups in total. The smallest absolute Gasteiger partial charge is 0.249 e. The molecule has 0 fully saturated rings. The van der Waals surface area contributed by atoms with Crippen LogP contribution in [0.4, 0.5) is 10.1 Å². The fourth-order valence-electron chi connectivity index (χ4n) is 2.91. The van der Waals surface area contributed by atoms with Crippen LogP contribution < -0.4 is 15.5 Å². The fourth-order valence-corrected chi connectivity index (χ4v) is 2.91. The van der Waals surface area contributed by atoms with E-state index in [2.05, 4.69) is 15.8 Å². The largest absolute Gasteiger partial charge is 0.489 e. The molecule has 0 aliphatic carbocycles. The molecule has 0 spiro atoms. The number of hydrazone groups is 1. The first kappa shape index (κ1) is 22.7. The first-order valence-corrected chi connectivity index (χ1v) is 10.2. The average molecular weight is 433 g/mol. The zero-order valence-electron chi connectivity index (χ0n) is 17.7. The second kappa shape index (κ2) is 11.4. The quantitative estimate of drug-likeness (QED) is 0.297. The molecule has 2 amide bonds. The molecule has 164 valence electrons. The number of anilines is 1. The molecule has 32 heavy (non-hydrogen) atoms. The number of carbonyl (C=O) groups is 2. The van der Waals surface area contributed by atoms with Crippen molar-refractivity contribution in [2.45, 2.75) is 26.4 Å². The lowest BCUT2D eigenvalue weighted by molar-refractivity contribution is -0.126. The second-order valence-corrected chi connectivity index (χ2v) is 7.01. The molecule has 0 aliphatic rings. The van der Waals surface area contributed by atoms with E-state index in [0.29, 0.717) is 18.0 Å². The van der Waals surface area contributed by atoms with Crippen molar-refractivity contribution in [3.8, 4) is 5.75 Å². The second-order valence-electron chi connectivity index (χ2n) is 7.01. The maximum absolute atomic E-state index is 12.9. The molecule has 6 nitrogen and oxygen atoms in total. The van der Waals surface area contributed by atoms with Crippen molar-refractivity contribution in [2.75, 3.05) is 5.32 Å². The van der Waals surface area contributed by atoms with Crippen LogP contribution in [0.5, 0.6) is 5.75 Å². The summed E-state index contributed by atoms with van der Waals surface area (Å²) >= 11 is 0. The lowest BCUT2D eigenvalue weighted by atomic mass is 10.1. The third kappa shape index (κ3) is 7.05. The Morgan fingerprint density at radius 3 is 2.41 bits per heavy atom. The standard InChI is InChI=1S/C25H24FN3O3/c1-2-20-5-3-4-6-23(20)28-24(30)15-25(31)29-27-16-18-9-13-22(14-10-18)32-17-19-7-11-21(26)12-8-19/h3-14,16H,2,15,17H2,1H3,(H,28,30)(H,29,31). The summed E-state index contributed by atoms with van der Waals surface area (Å²) in [4.78, 5) is 24.0. The molecule has 0 atom stereocenters. The topological polar surface area (TPSA) is 79.8 Å². The number of nitrogens with one attached hydrogen (secondary N) is 2. The molecule has 7 heteroatoms. The highest BCUT2D eigenvalue weighted by Gasteiger charge is 2.10. The van der Waals surface area contributed by atoms with Gasteiger partial charge in [-0.1, -0.05) is 37.3 Å². The number of rotatable bonds is 9. The van der Waals surface area contributed by atoms with Crippen molar-refractivity contribution < 1.29 is 18.7 Å². The van der Waals surface area contributed by atoms with Crippen LogP contribution in [0.1, 0.15) is 30.0 Å². The highest BCUT2D eigenvalue weighted by Crippen LogP contribution is 2.16. The molecule has 3 rings (SSSR count). The van der Waals surface area contributed by atoms with Crippen molar-refractivity contribution in [2.24, 2.45) is 5.10 Å². The van der Waals surface area contributed by atoms with E-state index in [1.165, 1.54) is 18.3 Å². The number of amides is 2. The number of benzene rings is 3. The molecule has 0 unspecified atom stereocenters. The Balaban J connectivity index is 1.43. The number of aryl methyl sites for hydroxylation is 1. The van der Waals surface area contributed by atoms with Gasteiger partial charge in [-0.25, -0.2) is 9.82 Å². The molecule has 0 heterocycles. The van der Waals surface area contributed by atoms with Gasteiger partial charge >= 0.3 is 0 Å². The minimum Gasteiger partial charge on any atom is -0.489 e. The summed E-state index contributed by atoms with van der Waals surface area (Å²) in [5, 5.41) is 6.64. The Hall–Kier alpha value is -4.00. The Morgan fingerprint density at radius 1 is 0.969 bits per heavy atom. The third-order valence-electron chi connectivity index (χ3n) is 4.60. The molecule has 3 aromatic rings. The van der Waals surface area contributed by atoms with Gasteiger partial charge < -0.3 is 10.1 Å². The van der Waals surface area contributed by atoms with Gasteiger partial charge in [-0.2, -0.15) is 5.10 Å². The van der Waals surface area contributed by atoms with E-state index in [1.807, 2.05) is 25.1 Å². The molecule has 0 bridgehead atoms. The summed E-state index contributed by atoms with van der Waals surface area (Å²) in [5.74, 6) is -0.542. The monoisotopic (exact) mass is 433 g/mol. The lowest BCUT2D eigenvalue weighted by Gasteiger charge is -2.09. The van der Waals surface area contributed by atoms with Crippen LogP contribution in [0.15, 0.2) is 77.9 Å². The van der Waals surface area contributed by atoms with Crippen LogP contribution >= 0.6 is 0 Å². The maximum Gasteiger partial charge on any atom is 0.249 e. The predicted molar refractivity (Wildman–Crippen MR) is 122 cm³/mol. The predicted octanol–water partition coefficient (Wildman–Crippen LogP) is 4.45. The molecule has 0 aliphatic heterocycles. The number of ether oxygens (including phenoxy) is 1. The van der Waals surface area contributed by atoms with Crippen LogP contribution in [0.25, 0.3) is 0 Å². The van der Waals surface area contributed by atoms with E-state index in [4.69, 9.17) is 4.74 Å². The Kier molecular flexibility index (Phi) is 8.09. The van der Waals surface area contributed by atoms with Crippen LogP contribution in [0.2, 0.25) is 0 Å². The zero-order chi connectivity index (χ0) is 22.8. The summed E-state index contributed by atoms with van der Waals surface area (Å²) in [6.45, 7) is 2.32. The van der Waals surface area contributed by atoms with E-state index in [1.54, 1.807) is 42.5 Å². The van der Waals surface area contributed by atoms with E-state index >= 15 is 0 Å². The molecule has 0 radical (unpaired) electrons. The van der Waals surface area contributed by atoms with Gasteiger partial charge in [0.2, 0.25) is 11.8 Å².